The Hall–Kier alpha value is -1.29. The third-order valence-electron chi connectivity index (χ3n) is 4.49. The zero-order valence-electron chi connectivity index (χ0n) is 12.8. The number of nitrogens with one attached hydrogen (secondary N) is 1. The topological polar surface area (TPSA) is 43.3 Å². The highest BCUT2D eigenvalue weighted by atomic mass is 16.5. The first-order valence-corrected chi connectivity index (χ1v) is 7.56. The molecule has 4 heteroatoms. The molecule has 1 aromatic heterocycles. The molecule has 4 nitrogen and oxygen atoms in total. The number of aromatic nitrogens is 1. The van der Waals surface area contributed by atoms with Crippen molar-refractivity contribution in [1.29, 1.82) is 0 Å². The van der Waals surface area contributed by atoms with Crippen molar-refractivity contribution in [2.45, 2.75) is 45.7 Å². The third-order valence-corrected chi connectivity index (χ3v) is 4.49. The van der Waals surface area contributed by atoms with Gasteiger partial charge in [0.15, 0.2) is 0 Å². The van der Waals surface area contributed by atoms with E-state index in [1.54, 1.807) is 17.7 Å². The van der Waals surface area contributed by atoms with Crippen molar-refractivity contribution in [3.05, 3.63) is 28.7 Å². The third kappa shape index (κ3) is 3.85. The summed E-state index contributed by atoms with van der Waals surface area (Å²) >= 11 is 0. The molecular weight excluding hydrogens is 252 g/mol. The van der Waals surface area contributed by atoms with E-state index in [1.807, 2.05) is 12.3 Å². The molecule has 3 atom stereocenters. The molecule has 0 aromatic carbocycles. The second-order valence-corrected chi connectivity index (χ2v) is 6.05. The van der Waals surface area contributed by atoms with Crippen LogP contribution < -0.4 is 10.9 Å². The number of nitrogens with zero attached hydrogens (tertiary/aromatic N) is 1. The van der Waals surface area contributed by atoms with Crippen molar-refractivity contribution in [2.24, 2.45) is 11.8 Å². The summed E-state index contributed by atoms with van der Waals surface area (Å²) in [5.74, 6) is 1.59. The van der Waals surface area contributed by atoms with Gasteiger partial charge in [0.05, 0.1) is 12.3 Å². The average molecular weight is 278 g/mol. The highest BCUT2D eigenvalue weighted by Crippen LogP contribution is 2.30. The summed E-state index contributed by atoms with van der Waals surface area (Å²) in [6.07, 6.45) is 5.60. The minimum absolute atomic E-state index is 0.0261. The van der Waals surface area contributed by atoms with Crippen molar-refractivity contribution >= 4 is 5.69 Å². The van der Waals surface area contributed by atoms with Crippen molar-refractivity contribution in [3.8, 4) is 0 Å². The van der Waals surface area contributed by atoms with Crippen LogP contribution in [0.4, 0.5) is 5.69 Å². The summed E-state index contributed by atoms with van der Waals surface area (Å²) in [4.78, 5) is 11.7. The van der Waals surface area contributed by atoms with Gasteiger partial charge >= 0.3 is 0 Å². The molecule has 2 rings (SSSR count). The van der Waals surface area contributed by atoms with E-state index in [9.17, 15) is 4.79 Å². The van der Waals surface area contributed by atoms with Crippen LogP contribution in [0.1, 0.15) is 33.1 Å². The number of pyridine rings is 1. The van der Waals surface area contributed by atoms with E-state index in [2.05, 4.69) is 19.2 Å². The van der Waals surface area contributed by atoms with E-state index >= 15 is 0 Å². The Labute approximate surface area is 121 Å². The Bertz CT molecular complexity index is 484. The number of rotatable bonds is 5. The largest absolute Gasteiger partial charge is 0.383 e. The van der Waals surface area contributed by atoms with Gasteiger partial charge in [-0.1, -0.05) is 13.8 Å². The Morgan fingerprint density at radius 3 is 2.80 bits per heavy atom. The number of anilines is 1. The molecule has 1 N–H and O–H groups in total. The molecule has 0 spiro atoms. The lowest BCUT2D eigenvalue weighted by molar-refractivity contribution is 0.186. The van der Waals surface area contributed by atoms with Crippen LogP contribution in [0.3, 0.4) is 0 Å². The predicted octanol–water partition coefficient (Wildman–Crippen LogP) is 2.73. The van der Waals surface area contributed by atoms with Gasteiger partial charge in [-0.3, -0.25) is 4.79 Å². The van der Waals surface area contributed by atoms with Gasteiger partial charge in [-0.05, 0) is 37.2 Å². The molecular formula is C16H26N2O2. The normalized spacial score (nSPS) is 26.4. The molecule has 1 aromatic rings. The van der Waals surface area contributed by atoms with E-state index in [0.717, 1.165) is 17.5 Å². The van der Waals surface area contributed by atoms with Crippen LogP contribution in [0.2, 0.25) is 0 Å². The predicted molar refractivity (Wildman–Crippen MR) is 82.2 cm³/mol. The van der Waals surface area contributed by atoms with Crippen molar-refractivity contribution in [1.82, 2.24) is 4.57 Å². The standard InChI is InChI=1S/C16H26N2O2/c1-12-4-5-14(10-13(12)2)17-15-6-7-16(19)18(11-15)8-9-20-3/h6-7,11-14,17H,4-5,8-10H2,1-3H3. The maximum absolute atomic E-state index is 11.7. The first kappa shape index (κ1) is 15.1. The average Bonchev–Trinajstić information content (AvgIpc) is 2.43. The monoisotopic (exact) mass is 278 g/mol. The lowest BCUT2D eigenvalue weighted by Crippen LogP contribution is -2.31. The maximum atomic E-state index is 11.7. The fourth-order valence-electron chi connectivity index (χ4n) is 2.90. The molecule has 0 saturated heterocycles. The van der Waals surface area contributed by atoms with Gasteiger partial charge in [0, 0.05) is 32.0 Å². The lowest BCUT2D eigenvalue weighted by Gasteiger charge is -2.33. The fourth-order valence-corrected chi connectivity index (χ4v) is 2.90. The molecule has 0 radical (unpaired) electrons. The van der Waals surface area contributed by atoms with Crippen LogP contribution in [-0.4, -0.2) is 24.3 Å². The SMILES string of the molecule is COCCn1cc(NC2CCC(C)C(C)C2)ccc1=O. The van der Waals surface area contributed by atoms with E-state index in [4.69, 9.17) is 4.74 Å². The molecule has 1 aliphatic rings. The summed E-state index contributed by atoms with van der Waals surface area (Å²) in [6, 6.07) is 4.04. The molecule has 0 amide bonds. The Kier molecular flexibility index (Phi) is 5.24. The highest BCUT2D eigenvalue weighted by molar-refractivity contribution is 5.41. The zero-order valence-corrected chi connectivity index (χ0v) is 12.8. The summed E-state index contributed by atoms with van der Waals surface area (Å²) in [7, 11) is 1.65. The number of methoxy groups -OCH3 is 1. The van der Waals surface area contributed by atoms with Crippen LogP contribution in [0.25, 0.3) is 0 Å². The van der Waals surface area contributed by atoms with Crippen LogP contribution in [-0.2, 0) is 11.3 Å². The van der Waals surface area contributed by atoms with E-state index < -0.39 is 0 Å². The van der Waals surface area contributed by atoms with Crippen LogP contribution in [0.5, 0.6) is 0 Å². The molecule has 1 aliphatic carbocycles. The van der Waals surface area contributed by atoms with Gasteiger partial charge in [-0.25, -0.2) is 0 Å². The first-order valence-electron chi connectivity index (χ1n) is 7.56. The smallest absolute Gasteiger partial charge is 0.250 e. The summed E-state index contributed by atoms with van der Waals surface area (Å²) in [6.45, 7) is 5.83. The molecule has 1 saturated carbocycles. The van der Waals surface area contributed by atoms with Crippen LogP contribution >= 0.6 is 0 Å². The van der Waals surface area contributed by atoms with E-state index in [1.165, 1.54) is 19.3 Å². The van der Waals surface area contributed by atoms with Crippen LogP contribution in [0.15, 0.2) is 23.1 Å². The van der Waals surface area contributed by atoms with E-state index in [0.29, 0.717) is 19.2 Å². The molecule has 1 heterocycles. The van der Waals surface area contributed by atoms with Gasteiger partial charge in [-0.2, -0.15) is 0 Å². The summed E-state index contributed by atoms with van der Waals surface area (Å²) < 4.78 is 6.75. The zero-order chi connectivity index (χ0) is 14.5. The van der Waals surface area contributed by atoms with Gasteiger partial charge in [0.25, 0.3) is 5.56 Å². The van der Waals surface area contributed by atoms with Crippen molar-refractivity contribution < 1.29 is 4.74 Å². The molecule has 0 aliphatic heterocycles. The lowest BCUT2D eigenvalue weighted by atomic mass is 9.79. The second kappa shape index (κ2) is 6.93. The highest BCUT2D eigenvalue weighted by Gasteiger charge is 2.24. The van der Waals surface area contributed by atoms with Gasteiger partial charge in [0.1, 0.15) is 0 Å². The Morgan fingerprint density at radius 2 is 2.10 bits per heavy atom. The summed E-state index contributed by atoms with van der Waals surface area (Å²) in [5, 5.41) is 3.58. The van der Waals surface area contributed by atoms with E-state index in [-0.39, 0.29) is 5.56 Å². The quantitative estimate of drug-likeness (QED) is 0.900. The molecule has 1 fully saturated rings. The van der Waals surface area contributed by atoms with Crippen LogP contribution in [0, 0.1) is 11.8 Å². The minimum Gasteiger partial charge on any atom is -0.383 e. The first-order chi connectivity index (χ1) is 9.60. The Balaban J connectivity index is 2.00. The number of hydrogen-bond acceptors (Lipinski definition) is 3. The number of ether oxygens (including phenoxy) is 1. The molecule has 0 bridgehead atoms. The van der Waals surface area contributed by atoms with Gasteiger partial charge < -0.3 is 14.6 Å². The van der Waals surface area contributed by atoms with Crippen molar-refractivity contribution in [3.63, 3.8) is 0 Å². The maximum Gasteiger partial charge on any atom is 0.250 e. The fraction of sp³-hybridized carbons (Fsp3) is 0.688. The van der Waals surface area contributed by atoms with Gasteiger partial charge in [0.2, 0.25) is 0 Å². The molecule has 20 heavy (non-hydrogen) atoms. The summed E-state index contributed by atoms with van der Waals surface area (Å²) in [5.41, 5.74) is 1.06. The van der Waals surface area contributed by atoms with Crippen molar-refractivity contribution in [2.75, 3.05) is 19.0 Å². The molecule has 3 unspecified atom stereocenters. The molecule has 112 valence electrons. The Morgan fingerprint density at radius 1 is 1.30 bits per heavy atom. The minimum atomic E-state index is 0.0261. The number of hydrogen-bond donors (Lipinski definition) is 1. The second-order valence-electron chi connectivity index (χ2n) is 6.05. The van der Waals surface area contributed by atoms with Gasteiger partial charge in [-0.15, -0.1) is 0 Å².